The Morgan fingerprint density at radius 1 is 1.14 bits per heavy atom. The summed E-state index contributed by atoms with van der Waals surface area (Å²) in [6.45, 7) is 12.0. The number of anilines is 1. The number of piperazine rings is 1. The van der Waals surface area contributed by atoms with E-state index in [9.17, 15) is 14.0 Å². The molecule has 0 radical (unpaired) electrons. The van der Waals surface area contributed by atoms with Crippen LogP contribution in [0.15, 0.2) is 30.3 Å². The molecule has 3 aromatic rings. The third-order valence-electron chi connectivity index (χ3n) is 6.03. The zero-order valence-corrected chi connectivity index (χ0v) is 20.9. The Labute approximate surface area is 204 Å². The van der Waals surface area contributed by atoms with Gasteiger partial charge in [-0.1, -0.05) is 6.07 Å². The second-order valence-corrected chi connectivity index (χ2v) is 9.75. The topological polar surface area (TPSA) is 90.6 Å². The highest BCUT2D eigenvalue weighted by Crippen LogP contribution is 2.32. The molecular formula is C26H32FN5O3. The van der Waals surface area contributed by atoms with Crippen molar-refractivity contribution in [2.75, 3.05) is 37.6 Å². The third-order valence-corrected chi connectivity index (χ3v) is 6.03. The highest BCUT2D eigenvalue weighted by molar-refractivity contribution is 5.97. The summed E-state index contributed by atoms with van der Waals surface area (Å²) in [5.41, 5.74) is 2.52. The molecule has 0 spiro atoms. The van der Waals surface area contributed by atoms with Crippen molar-refractivity contribution in [3.8, 4) is 11.1 Å². The van der Waals surface area contributed by atoms with Gasteiger partial charge in [-0.15, -0.1) is 0 Å². The Morgan fingerprint density at radius 2 is 1.86 bits per heavy atom. The average molecular weight is 482 g/mol. The maximum absolute atomic E-state index is 14.6. The molecule has 186 valence electrons. The van der Waals surface area contributed by atoms with Gasteiger partial charge in [0.25, 0.3) is 5.91 Å². The first kappa shape index (κ1) is 24.5. The number of ether oxygens (including phenoxy) is 1. The number of benzene rings is 2. The van der Waals surface area contributed by atoms with E-state index in [0.29, 0.717) is 49.4 Å². The van der Waals surface area contributed by atoms with Crippen LogP contribution in [0.5, 0.6) is 0 Å². The quantitative estimate of drug-likeness (QED) is 0.573. The molecule has 0 atom stereocenters. The van der Waals surface area contributed by atoms with Gasteiger partial charge >= 0.3 is 6.09 Å². The Hall–Kier alpha value is -3.62. The first-order valence-electron chi connectivity index (χ1n) is 11.9. The summed E-state index contributed by atoms with van der Waals surface area (Å²) < 4.78 is 20.1. The van der Waals surface area contributed by atoms with E-state index in [0.717, 1.165) is 22.3 Å². The zero-order chi connectivity index (χ0) is 25.3. The van der Waals surface area contributed by atoms with Gasteiger partial charge in [-0.2, -0.15) is 5.10 Å². The fourth-order valence-electron chi connectivity index (χ4n) is 4.21. The van der Waals surface area contributed by atoms with E-state index in [1.165, 1.54) is 6.07 Å². The zero-order valence-electron chi connectivity index (χ0n) is 20.9. The number of amides is 2. The number of rotatable bonds is 4. The summed E-state index contributed by atoms with van der Waals surface area (Å²) in [6.07, 6.45) is -0.300. The molecule has 0 unspecified atom stereocenters. The first-order valence-corrected chi connectivity index (χ1v) is 11.9. The fourth-order valence-corrected chi connectivity index (χ4v) is 4.21. The lowest BCUT2D eigenvalue weighted by Gasteiger charge is -2.35. The number of H-pyrrole nitrogens is 1. The van der Waals surface area contributed by atoms with Crippen LogP contribution in [0.1, 0.15) is 43.6 Å². The van der Waals surface area contributed by atoms with Crippen molar-refractivity contribution in [2.45, 2.75) is 40.2 Å². The largest absolute Gasteiger partial charge is 0.444 e. The molecule has 2 N–H and O–H groups in total. The summed E-state index contributed by atoms with van der Waals surface area (Å²) in [5, 5.41) is 11.3. The van der Waals surface area contributed by atoms with Crippen LogP contribution < -0.4 is 10.2 Å². The van der Waals surface area contributed by atoms with Crippen LogP contribution in [0.2, 0.25) is 0 Å². The van der Waals surface area contributed by atoms with Crippen LogP contribution in [0.25, 0.3) is 22.0 Å². The van der Waals surface area contributed by atoms with Crippen LogP contribution in [0.3, 0.4) is 0 Å². The average Bonchev–Trinajstić information content (AvgIpc) is 3.23. The van der Waals surface area contributed by atoms with Crippen molar-refractivity contribution in [3.63, 3.8) is 0 Å². The van der Waals surface area contributed by atoms with E-state index < -0.39 is 11.4 Å². The Morgan fingerprint density at radius 3 is 2.51 bits per heavy atom. The molecule has 8 nitrogen and oxygen atoms in total. The normalized spacial score (nSPS) is 14.3. The van der Waals surface area contributed by atoms with Gasteiger partial charge in [0, 0.05) is 43.7 Å². The van der Waals surface area contributed by atoms with Crippen LogP contribution in [0, 0.1) is 12.7 Å². The second kappa shape index (κ2) is 9.56. The number of halogens is 1. The molecule has 4 rings (SSSR count). The molecule has 0 bridgehead atoms. The summed E-state index contributed by atoms with van der Waals surface area (Å²) >= 11 is 0. The van der Waals surface area contributed by atoms with Crippen molar-refractivity contribution in [1.29, 1.82) is 0 Å². The summed E-state index contributed by atoms with van der Waals surface area (Å²) in [6, 6.07) is 8.79. The molecule has 1 saturated heterocycles. The lowest BCUT2D eigenvalue weighted by atomic mass is 9.96. The molecule has 1 fully saturated rings. The smallest absolute Gasteiger partial charge is 0.410 e. The van der Waals surface area contributed by atoms with E-state index in [-0.39, 0.29) is 12.0 Å². The lowest BCUT2D eigenvalue weighted by Crippen LogP contribution is -2.50. The van der Waals surface area contributed by atoms with Gasteiger partial charge < -0.3 is 19.9 Å². The van der Waals surface area contributed by atoms with Crippen molar-refractivity contribution in [3.05, 3.63) is 47.3 Å². The van der Waals surface area contributed by atoms with Gasteiger partial charge in [0.1, 0.15) is 11.4 Å². The predicted octanol–water partition coefficient (Wildman–Crippen LogP) is 4.48. The summed E-state index contributed by atoms with van der Waals surface area (Å²) in [7, 11) is 0. The standard InChI is InChI=1S/C26H32FN5O3/c1-6-28-24(33)18-13-20(16(2)21(27)14-18)17-7-8-19-22(15-17)29-30-23(19)31-9-11-32(12-10-31)25(34)35-26(3,4)5/h7-8,13-15H,6,9-12H2,1-5H3,(H,28,33)(H,29,30). The molecule has 2 aromatic carbocycles. The lowest BCUT2D eigenvalue weighted by molar-refractivity contribution is 0.0240. The minimum Gasteiger partial charge on any atom is -0.444 e. The fraction of sp³-hybridized carbons (Fsp3) is 0.423. The van der Waals surface area contributed by atoms with E-state index >= 15 is 0 Å². The van der Waals surface area contributed by atoms with Gasteiger partial charge in [-0.3, -0.25) is 9.89 Å². The third kappa shape index (κ3) is 5.23. The number of nitrogens with one attached hydrogen (secondary N) is 2. The van der Waals surface area contributed by atoms with E-state index in [1.807, 2.05) is 45.9 Å². The number of aromatic amines is 1. The SMILES string of the molecule is CCNC(=O)c1cc(F)c(C)c(-c2ccc3c(N4CCN(C(=O)OC(C)(C)C)CC4)n[nH]c3c2)c1. The van der Waals surface area contributed by atoms with E-state index in [1.54, 1.807) is 17.9 Å². The number of carbonyl (C=O) groups excluding carboxylic acids is 2. The van der Waals surface area contributed by atoms with E-state index in [4.69, 9.17) is 4.74 Å². The highest BCUT2D eigenvalue weighted by atomic mass is 19.1. The van der Waals surface area contributed by atoms with Crippen LogP contribution >= 0.6 is 0 Å². The molecule has 0 aliphatic carbocycles. The molecule has 2 amide bonds. The molecule has 1 aromatic heterocycles. The minimum atomic E-state index is -0.523. The monoisotopic (exact) mass is 481 g/mol. The van der Waals surface area contributed by atoms with Gasteiger partial charge in [0.2, 0.25) is 0 Å². The summed E-state index contributed by atoms with van der Waals surface area (Å²) in [5.74, 6) is 0.0921. The van der Waals surface area contributed by atoms with Crippen molar-refractivity contribution in [2.24, 2.45) is 0 Å². The van der Waals surface area contributed by atoms with Gasteiger partial charge in [0.15, 0.2) is 5.82 Å². The van der Waals surface area contributed by atoms with Crippen molar-refractivity contribution < 1.29 is 18.7 Å². The Bertz CT molecular complexity index is 1260. The van der Waals surface area contributed by atoms with Gasteiger partial charge in [0.05, 0.1) is 5.52 Å². The molecular weight excluding hydrogens is 449 g/mol. The minimum absolute atomic E-state index is 0.290. The number of aromatic nitrogens is 2. The highest BCUT2D eigenvalue weighted by Gasteiger charge is 2.27. The Balaban J connectivity index is 1.55. The number of nitrogens with zero attached hydrogens (tertiary/aromatic N) is 3. The molecule has 0 saturated carbocycles. The van der Waals surface area contributed by atoms with Gasteiger partial charge in [-0.05, 0) is 75.6 Å². The maximum Gasteiger partial charge on any atom is 0.410 e. The van der Waals surface area contributed by atoms with Crippen molar-refractivity contribution >= 4 is 28.7 Å². The van der Waals surface area contributed by atoms with E-state index in [2.05, 4.69) is 20.4 Å². The predicted molar refractivity (Wildman–Crippen MR) is 134 cm³/mol. The molecule has 1 aliphatic rings. The number of hydrogen-bond acceptors (Lipinski definition) is 5. The molecule has 9 heteroatoms. The molecule has 35 heavy (non-hydrogen) atoms. The van der Waals surface area contributed by atoms with Crippen LogP contribution in [-0.4, -0.2) is 65.4 Å². The summed E-state index contributed by atoms with van der Waals surface area (Å²) in [4.78, 5) is 28.5. The first-order chi connectivity index (χ1) is 16.6. The van der Waals surface area contributed by atoms with Gasteiger partial charge in [-0.25, -0.2) is 9.18 Å². The van der Waals surface area contributed by atoms with Crippen LogP contribution in [-0.2, 0) is 4.74 Å². The van der Waals surface area contributed by atoms with Crippen molar-refractivity contribution in [1.82, 2.24) is 20.4 Å². The molecule has 2 heterocycles. The second-order valence-electron chi connectivity index (χ2n) is 9.75. The maximum atomic E-state index is 14.6. The van der Waals surface area contributed by atoms with Crippen LogP contribution in [0.4, 0.5) is 15.0 Å². The molecule has 1 aliphatic heterocycles. The number of carbonyl (C=O) groups is 2. The number of hydrogen-bond donors (Lipinski definition) is 2. The Kier molecular flexibility index (Phi) is 6.69. The number of fused-ring (bicyclic) bond motifs is 1.